The molecule has 9 heteroatoms. The molecule has 164 valence electrons. The molecule has 0 saturated carbocycles. The molecule has 3 heterocycles. The number of benzene rings is 1. The highest BCUT2D eigenvalue weighted by atomic mass is 19.1. The number of fused-ring (bicyclic) bond motifs is 1. The van der Waals surface area contributed by atoms with Crippen LogP contribution in [-0.2, 0) is 17.9 Å². The number of halogens is 1. The van der Waals surface area contributed by atoms with Crippen LogP contribution in [0.25, 0.3) is 0 Å². The van der Waals surface area contributed by atoms with Gasteiger partial charge in [-0.2, -0.15) is 10.1 Å². The first-order valence-corrected chi connectivity index (χ1v) is 9.87. The van der Waals surface area contributed by atoms with Gasteiger partial charge < -0.3 is 15.1 Å². The van der Waals surface area contributed by atoms with Gasteiger partial charge in [-0.15, -0.1) is 0 Å². The van der Waals surface area contributed by atoms with Gasteiger partial charge in [0, 0.05) is 31.9 Å². The number of likely N-dealkylation sites (N-methyl/N-ethyl adjacent to an activating group) is 2. The van der Waals surface area contributed by atoms with E-state index in [4.69, 9.17) is 0 Å². The summed E-state index contributed by atoms with van der Waals surface area (Å²) < 4.78 is 14.8. The summed E-state index contributed by atoms with van der Waals surface area (Å²) in [7, 11) is 1.75. The van der Waals surface area contributed by atoms with E-state index in [0.717, 1.165) is 16.9 Å². The van der Waals surface area contributed by atoms with E-state index in [9.17, 15) is 9.18 Å². The summed E-state index contributed by atoms with van der Waals surface area (Å²) >= 11 is 0. The van der Waals surface area contributed by atoms with Gasteiger partial charge in [0.2, 0.25) is 11.9 Å². The van der Waals surface area contributed by atoms with E-state index in [1.807, 2.05) is 24.9 Å². The Morgan fingerprint density at radius 3 is 2.61 bits per heavy atom. The third-order valence-electron chi connectivity index (χ3n) is 5.27. The molecular formula is C22H28FN7O. The number of anilines is 3. The number of amides is 1. The molecule has 0 radical (unpaired) electrons. The van der Waals surface area contributed by atoms with E-state index in [0.29, 0.717) is 31.3 Å². The van der Waals surface area contributed by atoms with Crippen molar-refractivity contribution < 1.29 is 9.18 Å². The zero-order chi connectivity index (χ0) is 21.3. The highest BCUT2D eigenvalue weighted by Crippen LogP contribution is 2.33. The standard InChI is InChI=1S/C21H24FN7O.CH4/c1-4-29-14(2)20(30)27(3)18-11-24-21(26-19(18)29)23-9-16-10-25-28(13-16)12-15-5-7-17(22)8-6-15;/h5-8,10-11,13-14H,4,9,12H2,1-3H3,(H,23,24,26);1H4/t14-;/m0./s1. The topological polar surface area (TPSA) is 79.2 Å². The Labute approximate surface area is 181 Å². The Morgan fingerprint density at radius 2 is 1.90 bits per heavy atom. The lowest BCUT2D eigenvalue weighted by molar-refractivity contribution is -0.119. The number of rotatable bonds is 6. The van der Waals surface area contributed by atoms with Crippen molar-refractivity contribution in [3.63, 3.8) is 0 Å². The fraction of sp³-hybridized carbons (Fsp3) is 0.364. The first-order valence-electron chi connectivity index (χ1n) is 9.87. The Morgan fingerprint density at radius 1 is 1.16 bits per heavy atom. The molecule has 31 heavy (non-hydrogen) atoms. The maximum absolute atomic E-state index is 13.0. The van der Waals surface area contributed by atoms with Gasteiger partial charge in [0.05, 0.1) is 18.9 Å². The second-order valence-electron chi connectivity index (χ2n) is 7.29. The SMILES string of the molecule is C.CCN1c2nc(NCc3cnn(Cc4ccc(F)cc4)c3)ncc2N(C)C(=O)[C@@H]1C. The third kappa shape index (κ3) is 4.50. The minimum absolute atomic E-state index is 0. The molecule has 1 aromatic carbocycles. The number of nitrogens with one attached hydrogen (secondary N) is 1. The zero-order valence-corrected chi connectivity index (χ0v) is 17.2. The summed E-state index contributed by atoms with van der Waals surface area (Å²) in [6.07, 6.45) is 5.39. The van der Waals surface area contributed by atoms with Gasteiger partial charge in [0.1, 0.15) is 17.5 Å². The summed E-state index contributed by atoms with van der Waals surface area (Å²) in [5, 5.41) is 7.59. The van der Waals surface area contributed by atoms with Gasteiger partial charge >= 0.3 is 0 Å². The van der Waals surface area contributed by atoms with Crippen LogP contribution in [0.4, 0.5) is 21.8 Å². The molecule has 0 saturated heterocycles. The van der Waals surface area contributed by atoms with Crippen molar-refractivity contribution in [2.75, 3.05) is 28.7 Å². The largest absolute Gasteiger partial charge is 0.350 e. The molecule has 1 N–H and O–H groups in total. The van der Waals surface area contributed by atoms with Gasteiger partial charge in [-0.25, -0.2) is 9.37 Å². The van der Waals surface area contributed by atoms with Crippen molar-refractivity contribution in [1.29, 1.82) is 0 Å². The van der Waals surface area contributed by atoms with Crippen molar-refractivity contribution in [2.45, 2.75) is 40.4 Å². The molecule has 0 unspecified atom stereocenters. The van der Waals surface area contributed by atoms with Crippen LogP contribution in [0, 0.1) is 5.82 Å². The molecule has 1 aliphatic rings. The first kappa shape index (κ1) is 22.2. The van der Waals surface area contributed by atoms with Crippen LogP contribution in [0.1, 0.15) is 32.4 Å². The fourth-order valence-electron chi connectivity index (χ4n) is 3.58. The van der Waals surface area contributed by atoms with Crippen molar-refractivity contribution in [3.05, 3.63) is 59.8 Å². The van der Waals surface area contributed by atoms with Gasteiger partial charge in [0.15, 0.2) is 5.82 Å². The molecular weight excluding hydrogens is 397 g/mol. The summed E-state index contributed by atoms with van der Waals surface area (Å²) in [6, 6.07) is 6.12. The molecule has 4 rings (SSSR count). The fourth-order valence-corrected chi connectivity index (χ4v) is 3.58. The monoisotopic (exact) mass is 425 g/mol. The number of carbonyl (C=O) groups is 1. The maximum Gasteiger partial charge on any atom is 0.249 e. The van der Waals surface area contributed by atoms with Crippen LogP contribution in [0.3, 0.4) is 0 Å². The Hall–Kier alpha value is -3.49. The van der Waals surface area contributed by atoms with Crippen LogP contribution < -0.4 is 15.1 Å². The molecule has 0 aliphatic carbocycles. The predicted octanol–water partition coefficient (Wildman–Crippen LogP) is 3.30. The number of carbonyl (C=O) groups excluding carboxylic acids is 1. The van der Waals surface area contributed by atoms with Crippen molar-refractivity contribution in [3.8, 4) is 0 Å². The number of nitrogens with zero attached hydrogens (tertiary/aromatic N) is 6. The highest BCUT2D eigenvalue weighted by molar-refractivity contribution is 6.04. The highest BCUT2D eigenvalue weighted by Gasteiger charge is 2.34. The Balaban J connectivity index is 0.00000272. The Bertz CT molecular complexity index is 1050. The smallest absolute Gasteiger partial charge is 0.249 e. The Kier molecular flexibility index (Phi) is 6.53. The van der Waals surface area contributed by atoms with E-state index in [1.165, 1.54) is 12.1 Å². The average Bonchev–Trinajstić information content (AvgIpc) is 3.20. The van der Waals surface area contributed by atoms with Crippen LogP contribution in [-0.4, -0.2) is 45.3 Å². The lowest BCUT2D eigenvalue weighted by Crippen LogP contribution is -2.51. The zero-order valence-electron chi connectivity index (χ0n) is 17.2. The lowest BCUT2D eigenvalue weighted by atomic mass is 10.1. The number of hydrogen-bond acceptors (Lipinski definition) is 6. The second-order valence-corrected chi connectivity index (χ2v) is 7.29. The molecule has 0 bridgehead atoms. The molecule has 0 spiro atoms. The number of hydrogen-bond donors (Lipinski definition) is 1. The number of aromatic nitrogens is 4. The summed E-state index contributed by atoms with van der Waals surface area (Å²) in [5.74, 6) is 1.02. The molecule has 0 fully saturated rings. The van der Waals surface area contributed by atoms with Gasteiger partial charge in [-0.1, -0.05) is 19.6 Å². The van der Waals surface area contributed by atoms with E-state index < -0.39 is 0 Å². The van der Waals surface area contributed by atoms with Crippen molar-refractivity contribution in [2.24, 2.45) is 0 Å². The minimum atomic E-state index is -0.264. The van der Waals surface area contributed by atoms with E-state index in [1.54, 1.807) is 41.2 Å². The van der Waals surface area contributed by atoms with E-state index in [2.05, 4.69) is 20.4 Å². The van der Waals surface area contributed by atoms with Crippen LogP contribution in [0.2, 0.25) is 0 Å². The van der Waals surface area contributed by atoms with Crippen LogP contribution in [0.15, 0.2) is 42.9 Å². The molecule has 3 aromatic rings. The summed E-state index contributed by atoms with van der Waals surface area (Å²) in [6.45, 7) is 5.65. The average molecular weight is 426 g/mol. The van der Waals surface area contributed by atoms with Crippen molar-refractivity contribution in [1.82, 2.24) is 19.7 Å². The van der Waals surface area contributed by atoms with E-state index in [-0.39, 0.29) is 25.2 Å². The minimum Gasteiger partial charge on any atom is -0.350 e. The third-order valence-corrected chi connectivity index (χ3v) is 5.27. The molecule has 1 amide bonds. The normalized spacial score (nSPS) is 15.5. The molecule has 2 aromatic heterocycles. The lowest BCUT2D eigenvalue weighted by Gasteiger charge is -2.38. The molecule has 8 nitrogen and oxygen atoms in total. The van der Waals surface area contributed by atoms with Gasteiger partial charge in [-0.3, -0.25) is 9.48 Å². The maximum atomic E-state index is 13.0. The summed E-state index contributed by atoms with van der Waals surface area (Å²) in [4.78, 5) is 25.0. The summed E-state index contributed by atoms with van der Waals surface area (Å²) in [5.41, 5.74) is 2.66. The van der Waals surface area contributed by atoms with Gasteiger partial charge in [-0.05, 0) is 31.5 Å². The van der Waals surface area contributed by atoms with Crippen molar-refractivity contribution >= 4 is 23.4 Å². The van der Waals surface area contributed by atoms with E-state index >= 15 is 0 Å². The van der Waals surface area contributed by atoms with Gasteiger partial charge in [0.25, 0.3) is 0 Å². The first-order chi connectivity index (χ1) is 14.5. The van der Waals surface area contributed by atoms with Crippen LogP contribution >= 0.6 is 0 Å². The molecule has 1 aliphatic heterocycles. The predicted molar refractivity (Wildman–Crippen MR) is 120 cm³/mol. The molecule has 1 atom stereocenters. The second kappa shape index (κ2) is 9.11. The quantitative estimate of drug-likeness (QED) is 0.653. The van der Waals surface area contributed by atoms with Crippen LogP contribution in [0.5, 0.6) is 0 Å².